The van der Waals surface area contributed by atoms with Crippen LogP contribution >= 0.6 is 0 Å². The smallest absolute Gasteiger partial charge is 0.00113 e. The minimum atomic E-state index is 1.07. The summed E-state index contributed by atoms with van der Waals surface area (Å²) in [6.45, 7) is 3.33. The van der Waals surface area contributed by atoms with Crippen molar-refractivity contribution in [3.8, 4) is 0 Å². The summed E-state index contributed by atoms with van der Waals surface area (Å²) in [6.07, 6.45) is 6.37. The van der Waals surface area contributed by atoms with Gasteiger partial charge in [-0.25, -0.2) is 0 Å². The molecule has 1 aromatic rings. The van der Waals surface area contributed by atoms with Gasteiger partial charge >= 0.3 is 0 Å². The quantitative estimate of drug-likeness (QED) is 0.674. The average molecular weight is 205 g/mol. The van der Waals surface area contributed by atoms with Crippen LogP contribution in [0.25, 0.3) is 0 Å². The maximum atomic E-state index is 3.21. The molecular formula is C14H23N. The molecule has 0 aliphatic carbocycles. The molecule has 0 saturated carbocycles. The summed E-state index contributed by atoms with van der Waals surface area (Å²) in [6, 6.07) is 8.84. The number of rotatable bonds is 7. The lowest BCUT2D eigenvalue weighted by Crippen LogP contribution is -2.11. The fraction of sp³-hybridized carbons (Fsp3) is 0.571. The number of unbranched alkanes of at least 4 members (excludes halogenated alkanes) is 2. The number of likely N-dealkylation sites (N-methyl/N-ethyl adjacent to an activating group) is 1. The van der Waals surface area contributed by atoms with Crippen molar-refractivity contribution >= 4 is 0 Å². The van der Waals surface area contributed by atoms with Crippen molar-refractivity contribution in [1.82, 2.24) is 5.32 Å². The van der Waals surface area contributed by atoms with E-state index >= 15 is 0 Å². The number of hydrogen-bond acceptors (Lipinski definition) is 1. The molecule has 0 unspecified atom stereocenters. The first-order valence-electron chi connectivity index (χ1n) is 6.10. The van der Waals surface area contributed by atoms with Crippen LogP contribution in [0.15, 0.2) is 24.3 Å². The zero-order valence-corrected chi connectivity index (χ0v) is 10.1. The van der Waals surface area contributed by atoms with E-state index in [2.05, 4.69) is 36.5 Å². The summed E-state index contributed by atoms with van der Waals surface area (Å²) in [5.74, 6) is 0. The fourth-order valence-electron chi connectivity index (χ4n) is 1.87. The molecule has 0 aromatic heterocycles. The van der Waals surface area contributed by atoms with E-state index in [4.69, 9.17) is 0 Å². The normalized spacial score (nSPS) is 10.5. The van der Waals surface area contributed by atoms with Gasteiger partial charge in [-0.05, 0) is 44.0 Å². The Morgan fingerprint density at radius 2 is 1.67 bits per heavy atom. The lowest BCUT2D eigenvalue weighted by Gasteiger charge is -2.08. The summed E-state index contributed by atoms with van der Waals surface area (Å²) in [4.78, 5) is 0. The maximum Gasteiger partial charge on any atom is -0.00113 e. The molecule has 0 bridgehead atoms. The van der Waals surface area contributed by atoms with E-state index in [-0.39, 0.29) is 0 Å². The van der Waals surface area contributed by atoms with Crippen LogP contribution < -0.4 is 5.32 Å². The lowest BCUT2D eigenvalue weighted by molar-refractivity contribution is 0.708. The number of hydrogen-bond donors (Lipinski definition) is 1. The molecule has 1 nitrogen and oxygen atoms in total. The molecule has 0 heterocycles. The number of aryl methyl sites for hydroxylation is 1. The average Bonchev–Trinajstić information content (AvgIpc) is 2.28. The van der Waals surface area contributed by atoms with Crippen LogP contribution in [0.3, 0.4) is 0 Å². The summed E-state index contributed by atoms with van der Waals surface area (Å²) < 4.78 is 0. The molecule has 0 amide bonds. The van der Waals surface area contributed by atoms with Crippen LogP contribution in [-0.2, 0) is 12.8 Å². The SMILES string of the molecule is CCCCCc1ccccc1CCNC. The van der Waals surface area contributed by atoms with E-state index in [1.807, 2.05) is 7.05 Å². The van der Waals surface area contributed by atoms with Crippen molar-refractivity contribution in [3.05, 3.63) is 35.4 Å². The predicted molar refractivity (Wildman–Crippen MR) is 67.3 cm³/mol. The second-order valence-electron chi connectivity index (χ2n) is 4.08. The van der Waals surface area contributed by atoms with Gasteiger partial charge in [0.1, 0.15) is 0 Å². The van der Waals surface area contributed by atoms with Gasteiger partial charge in [0.25, 0.3) is 0 Å². The van der Waals surface area contributed by atoms with Gasteiger partial charge in [-0.1, -0.05) is 44.0 Å². The van der Waals surface area contributed by atoms with Crippen molar-refractivity contribution in [1.29, 1.82) is 0 Å². The minimum absolute atomic E-state index is 1.07. The van der Waals surface area contributed by atoms with Gasteiger partial charge in [0.2, 0.25) is 0 Å². The van der Waals surface area contributed by atoms with Crippen LogP contribution in [0.4, 0.5) is 0 Å². The summed E-state index contributed by atoms with van der Waals surface area (Å²) in [7, 11) is 2.01. The first-order valence-corrected chi connectivity index (χ1v) is 6.10. The Labute approximate surface area is 93.9 Å². The molecule has 15 heavy (non-hydrogen) atoms. The first kappa shape index (κ1) is 12.3. The highest BCUT2D eigenvalue weighted by atomic mass is 14.8. The van der Waals surface area contributed by atoms with Gasteiger partial charge in [0.15, 0.2) is 0 Å². The molecule has 0 aliphatic rings. The molecule has 0 saturated heterocycles. The second kappa shape index (κ2) is 7.47. The van der Waals surface area contributed by atoms with Gasteiger partial charge in [0, 0.05) is 0 Å². The Kier molecular flexibility index (Phi) is 6.10. The van der Waals surface area contributed by atoms with E-state index in [0.717, 1.165) is 13.0 Å². The Hall–Kier alpha value is -0.820. The summed E-state index contributed by atoms with van der Waals surface area (Å²) >= 11 is 0. The maximum absolute atomic E-state index is 3.21. The van der Waals surface area contributed by atoms with Crippen LogP contribution in [0.5, 0.6) is 0 Å². The van der Waals surface area contributed by atoms with Crippen molar-refractivity contribution in [2.75, 3.05) is 13.6 Å². The third kappa shape index (κ3) is 4.48. The van der Waals surface area contributed by atoms with E-state index in [1.54, 1.807) is 5.56 Å². The zero-order valence-electron chi connectivity index (χ0n) is 10.1. The standard InChI is InChI=1S/C14H23N/c1-3-4-5-8-13-9-6-7-10-14(13)11-12-15-2/h6-7,9-10,15H,3-5,8,11-12H2,1-2H3. The highest BCUT2D eigenvalue weighted by Gasteiger charge is 2.00. The van der Waals surface area contributed by atoms with Crippen LogP contribution in [0.2, 0.25) is 0 Å². The van der Waals surface area contributed by atoms with Gasteiger partial charge in [-0.15, -0.1) is 0 Å². The lowest BCUT2D eigenvalue weighted by atomic mass is 9.99. The minimum Gasteiger partial charge on any atom is -0.319 e. The summed E-state index contributed by atoms with van der Waals surface area (Å²) in [5.41, 5.74) is 3.06. The van der Waals surface area contributed by atoms with Gasteiger partial charge in [0.05, 0.1) is 0 Å². The Balaban J connectivity index is 2.52. The van der Waals surface area contributed by atoms with Crippen LogP contribution in [0, 0.1) is 0 Å². The predicted octanol–water partition coefficient (Wildman–Crippen LogP) is 3.18. The molecule has 0 aliphatic heterocycles. The molecule has 0 spiro atoms. The highest BCUT2D eigenvalue weighted by Crippen LogP contribution is 2.13. The van der Waals surface area contributed by atoms with Crippen LogP contribution in [0.1, 0.15) is 37.3 Å². The summed E-state index contributed by atoms with van der Waals surface area (Å²) in [5, 5.41) is 3.21. The van der Waals surface area contributed by atoms with Gasteiger partial charge in [-0.2, -0.15) is 0 Å². The first-order chi connectivity index (χ1) is 7.38. The van der Waals surface area contributed by atoms with E-state index in [0.29, 0.717) is 0 Å². The molecular weight excluding hydrogens is 182 g/mol. The van der Waals surface area contributed by atoms with E-state index in [1.165, 1.54) is 31.2 Å². The molecule has 1 heteroatoms. The second-order valence-corrected chi connectivity index (χ2v) is 4.08. The van der Waals surface area contributed by atoms with Crippen molar-refractivity contribution in [3.63, 3.8) is 0 Å². The molecule has 84 valence electrons. The third-order valence-corrected chi connectivity index (χ3v) is 2.81. The molecule has 1 rings (SSSR count). The van der Waals surface area contributed by atoms with Gasteiger partial charge < -0.3 is 5.32 Å². The molecule has 0 radical (unpaired) electrons. The monoisotopic (exact) mass is 205 g/mol. The molecule has 0 atom stereocenters. The number of benzene rings is 1. The Bertz CT molecular complexity index is 268. The van der Waals surface area contributed by atoms with Gasteiger partial charge in [-0.3, -0.25) is 0 Å². The fourth-order valence-corrected chi connectivity index (χ4v) is 1.87. The molecule has 1 aromatic carbocycles. The topological polar surface area (TPSA) is 12.0 Å². The number of nitrogens with one attached hydrogen (secondary N) is 1. The van der Waals surface area contributed by atoms with Crippen LogP contribution in [-0.4, -0.2) is 13.6 Å². The Morgan fingerprint density at radius 3 is 2.27 bits per heavy atom. The van der Waals surface area contributed by atoms with Crippen molar-refractivity contribution in [2.24, 2.45) is 0 Å². The Morgan fingerprint density at radius 1 is 1.00 bits per heavy atom. The molecule has 1 N–H and O–H groups in total. The van der Waals surface area contributed by atoms with Crippen molar-refractivity contribution in [2.45, 2.75) is 39.0 Å². The van der Waals surface area contributed by atoms with E-state index < -0.39 is 0 Å². The third-order valence-electron chi connectivity index (χ3n) is 2.81. The highest BCUT2D eigenvalue weighted by molar-refractivity contribution is 5.27. The zero-order chi connectivity index (χ0) is 10.9. The largest absolute Gasteiger partial charge is 0.319 e. The van der Waals surface area contributed by atoms with Crippen molar-refractivity contribution < 1.29 is 0 Å². The molecule has 0 fully saturated rings. The van der Waals surface area contributed by atoms with E-state index in [9.17, 15) is 0 Å².